The van der Waals surface area contributed by atoms with Crippen LogP contribution in [0.4, 0.5) is 3.89 Å². The van der Waals surface area contributed by atoms with Crippen molar-refractivity contribution in [2.45, 2.75) is 44.1 Å². The van der Waals surface area contributed by atoms with E-state index in [-0.39, 0.29) is 17.6 Å². The summed E-state index contributed by atoms with van der Waals surface area (Å²) < 4.78 is 16.1. The van der Waals surface area contributed by atoms with E-state index < -0.39 is 0 Å². The number of nitrogens with zero attached hydrogens (tertiary/aromatic N) is 2. The van der Waals surface area contributed by atoms with Gasteiger partial charge in [0.1, 0.15) is 17.4 Å². The monoisotopic (exact) mass is 481 g/mol. The van der Waals surface area contributed by atoms with E-state index in [2.05, 4.69) is 63.7 Å². The summed E-state index contributed by atoms with van der Waals surface area (Å²) >= 11 is 1.87. The number of halogens is 1. The standard InChI is InChI=1S/C25H25N3OS.CH3FS/c1-2-13-25(14-3-1,20-6-4-19(5-7-20)23-12-15-27-28-23)21-8-10-22(11-9-21)29-18-24-26-16-17-30-24;1-3-2/h4-12,15-17H,1-3,13-14,18H2,(H,27,28);1H3. The molecule has 0 spiro atoms. The molecule has 0 radical (unpaired) electrons. The minimum Gasteiger partial charge on any atom is -0.486 e. The predicted molar refractivity (Wildman–Crippen MR) is 135 cm³/mol. The summed E-state index contributed by atoms with van der Waals surface area (Å²) in [6, 6.07) is 19.8. The lowest BCUT2D eigenvalue weighted by Gasteiger charge is -2.39. The highest BCUT2D eigenvalue weighted by atomic mass is 32.2. The van der Waals surface area contributed by atoms with Crippen molar-refractivity contribution in [2.75, 3.05) is 6.26 Å². The zero-order chi connectivity index (χ0) is 22.9. The number of hydrogen-bond acceptors (Lipinski definition) is 5. The van der Waals surface area contributed by atoms with Crippen LogP contribution in [0.1, 0.15) is 48.2 Å². The summed E-state index contributed by atoms with van der Waals surface area (Å²) in [6.45, 7) is 0.525. The number of ether oxygens (including phenoxy) is 1. The number of benzene rings is 2. The molecule has 0 aliphatic heterocycles. The highest BCUT2D eigenvalue weighted by Gasteiger charge is 2.35. The number of rotatable bonds is 6. The summed E-state index contributed by atoms with van der Waals surface area (Å²) in [4.78, 5) is 4.29. The molecule has 4 nitrogen and oxygen atoms in total. The number of hydrogen-bond donors (Lipinski definition) is 1. The Labute approximate surface area is 202 Å². The van der Waals surface area contributed by atoms with E-state index in [1.165, 1.54) is 55.1 Å². The van der Waals surface area contributed by atoms with E-state index in [9.17, 15) is 3.89 Å². The Morgan fingerprint density at radius 2 is 1.64 bits per heavy atom. The molecular weight excluding hydrogens is 453 g/mol. The zero-order valence-electron chi connectivity index (χ0n) is 18.7. The third kappa shape index (κ3) is 5.65. The van der Waals surface area contributed by atoms with Gasteiger partial charge < -0.3 is 4.74 Å². The molecule has 1 fully saturated rings. The summed E-state index contributed by atoms with van der Waals surface area (Å²) in [7, 11) is 0. The van der Waals surface area contributed by atoms with Crippen LogP contribution in [-0.4, -0.2) is 21.4 Å². The molecule has 0 amide bonds. The van der Waals surface area contributed by atoms with Gasteiger partial charge in [0.05, 0.1) is 5.69 Å². The Hall–Kier alpha value is -2.64. The van der Waals surface area contributed by atoms with Crippen molar-refractivity contribution >= 4 is 23.5 Å². The molecule has 0 unspecified atom stereocenters. The molecule has 172 valence electrons. The third-order valence-electron chi connectivity index (χ3n) is 6.21. The molecule has 1 N–H and O–H groups in total. The van der Waals surface area contributed by atoms with Crippen molar-refractivity contribution < 1.29 is 8.62 Å². The van der Waals surface area contributed by atoms with E-state index in [4.69, 9.17) is 4.74 Å². The maximum atomic E-state index is 10.2. The van der Waals surface area contributed by atoms with Crippen molar-refractivity contribution in [3.05, 3.63) is 88.5 Å². The van der Waals surface area contributed by atoms with Crippen LogP contribution in [0.5, 0.6) is 5.75 Å². The molecule has 2 aromatic heterocycles. The van der Waals surface area contributed by atoms with Crippen LogP contribution in [-0.2, 0) is 12.0 Å². The first kappa shape index (κ1) is 23.5. The fraction of sp³-hybridized carbons (Fsp3) is 0.308. The van der Waals surface area contributed by atoms with Crippen LogP contribution >= 0.6 is 23.5 Å². The van der Waals surface area contributed by atoms with Crippen LogP contribution < -0.4 is 4.74 Å². The maximum Gasteiger partial charge on any atom is 0.140 e. The SMILES string of the molecule is CSF.c1cc(-c2ccc(C3(c4ccc(OCc5nccs5)cc4)CCCCC3)cc2)[nH]n1. The average molecular weight is 482 g/mol. The Balaban J connectivity index is 0.000000821. The second-order valence-corrected chi connectivity index (χ2v) is 9.37. The summed E-state index contributed by atoms with van der Waals surface area (Å²) in [5.74, 6) is 0.898. The Morgan fingerprint density at radius 1 is 0.970 bits per heavy atom. The topological polar surface area (TPSA) is 50.8 Å². The highest BCUT2D eigenvalue weighted by Crippen LogP contribution is 2.45. The molecule has 1 aliphatic carbocycles. The molecule has 0 saturated heterocycles. The largest absolute Gasteiger partial charge is 0.486 e. The second kappa shape index (κ2) is 11.5. The van der Waals surface area contributed by atoms with Crippen molar-refractivity contribution in [1.29, 1.82) is 0 Å². The number of aromatic amines is 1. The number of nitrogens with one attached hydrogen (secondary N) is 1. The molecule has 0 bridgehead atoms. The number of aromatic nitrogens is 3. The molecule has 0 atom stereocenters. The molecule has 1 aliphatic rings. The minimum atomic E-state index is 0.0819. The quantitative estimate of drug-likeness (QED) is 0.308. The molecule has 2 heterocycles. The predicted octanol–water partition coefficient (Wildman–Crippen LogP) is 7.60. The fourth-order valence-electron chi connectivity index (χ4n) is 4.62. The van der Waals surface area contributed by atoms with Crippen molar-refractivity contribution in [3.63, 3.8) is 0 Å². The molecule has 4 aromatic rings. The highest BCUT2D eigenvalue weighted by molar-refractivity contribution is 7.93. The number of thiazole rings is 1. The summed E-state index contributed by atoms with van der Waals surface area (Å²) in [6.07, 6.45) is 11.2. The lowest BCUT2D eigenvalue weighted by molar-refractivity contribution is 0.304. The van der Waals surface area contributed by atoms with E-state index in [0.717, 1.165) is 16.5 Å². The van der Waals surface area contributed by atoms with E-state index >= 15 is 0 Å². The van der Waals surface area contributed by atoms with E-state index in [1.54, 1.807) is 17.5 Å². The maximum absolute atomic E-state index is 10.2. The Morgan fingerprint density at radius 3 is 2.21 bits per heavy atom. The zero-order valence-corrected chi connectivity index (χ0v) is 20.3. The Kier molecular flexibility index (Phi) is 8.18. The molecule has 1 saturated carbocycles. The molecule has 7 heteroatoms. The lowest BCUT2D eigenvalue weighted by atomic mass is 9.65. The van der Waals surface area contributed by atoms with Gasteiger partial charge in [-0.15, -0.1) is 11.3 Å². The van der Waals surface area contributed by atoms with Gasteiger partial charge in [-0.3, -0.25) is 5.10 Å². The lowest BCUT2D eigenvalue weighted by Crippen LogP contribution is -2.30. The molecule has 5 rings (SSSR count). The van der Waals surface area contributed by atoms with Gasteiger partial charge in [-0.05, 0) is 47.7 Å². The first-order valence-electron chi connectivity index (χ1n) is 11.1. The smallest absolute Gasteiger partial charge is 0.140 e. The van der Waals surface area contributed by atoms with Gasteiger partial charge in [-0.1, -0.05) is 55.7 Å². The van der Waals surface area contributed by atoms with E-state index in [1.807, 2.05) is 17.6 Å². The normalized spacial score (nSPS) is 14.8. The molecular formula is C26H28FN3OS2. The van der Waals surface area contributed by atoms with Gasteiger partial charge in [0.25, 0.3) is 0 Å². The van der Waals surface area contributed by atoms with Crippen LogP contribution in [0.3, 0.4) is 0 Å². The van der Waals surface area contributed by atoms with Gasteiger partial charge >= 0.3 is 0 Å². The van der Waals surface area contributed by atoms with Crippen molar-refractivity contribution in [3.8, 4) is 17.0 Å². The molecule has 33 heavy (non-hydrogen) atoms. The average Bonchev–Trinajstić information content (AvgIpc) is 3.59. The third-order valence-corrected chi connectivity index (χ3v) is 6.96. The van der Waals surface area contributed by atoms with Gasteiger partial charge in [0.15, 0.2) is 0 Å². The van der Waals surface area contributed by atoms with Crippen LogP contribution in [0.2, 0.25) is 0 Å². The van der Waals surface area contributed by atoms with Crippen LogP contribution in [0, 0.1) is 0 Å². The van der Waals surface area contributed by atoms with Gasteiger partial charge in [0, 0.05) is 41.6 Å². The minimum absolute atomic E-state index is 0.0819. The fourth-order valence-corrected chi connectivity index (χ4v) is 5.15. The van der Waals surface area contributed by atoms with Crippen LogP contribution in [0.15, 0.2) is 72.4 Å². The van der Waals surface area contributed by atoms with Crippen LogP contribution in [0.25, 0.3) is 11.3 Å². The van der Waals surface area contributed by atoms with E-state index in [0.29, 0.717) is 6.61 Å². The first-order valence-corrected chi connectivity index (χ1v) is 13.1. The number of H-pyrrole nitrogens is 1. The summed E-state index contributed by atoms with van der Waals surface area (Å²) in [5, 5.41) is 10.1. The van der Waals surface area contributed by atoms with Gasteiger partial charge in [-0.2, -0.15) is 8.98 Å². The second-order valence-electron chi connectivity index (χ2n) is 8.08. The summed E-state index contributed by atoms with van der Waals surface area (Å²) in [5.41, 5.74) is 5.10. The Bertz CT molecular complexity index is 1080. The van der Waals surface area contributed by atoms with Crippen molar-refractivity contribution in [2.24, 2.45) is 0 Å². The van der Waals surface area contributed by atoms with Gasteiger partial charge in [0.2, 0.25) is 0 Å². The van der Waals surface area contributed by atoms with Gasteiger partial charge in [-0.25, -0.2) is 4.98 Å². The van der Waals surface area contributed by atoms with Crippen molar-refractivity contribution in [1.82, 2.24) is 15.2 Å². The first-order chi connectivity index (χ1) is 16.2. The molecule has 2 aromatic carbocycles.